The number of carboxylic acids is 1. The lowest BCUT2D eigenvalue weighted by Crippen LogP contribution is -2.56. The van der Waals surface area contributed by atoms with Crippen molar-refractivity contribution < 1.29 is 24.3 Å². The second kappa shape index (κ2) is 15.0. The van der Waals surface area contributed by atoms with Crippen LogP contribution in [0.2, 0.25) is 0 Å². The number of carbonyl (C=O) groups excluding carboxylic acids is 3. The van der Waals surface area contributed by atoms with E-state index in [-0.39, 0.29) is 25.3 Å². The number of carboxylic acid groups (broad SMARTS) is 1. The number of amides is 3. The summed E-state index contributed by atoms with van der Waals surface area (Å²) in [6.07, 6.45) is 1.85. The maximum Gasteiger partial charge on any atom is 0.326 e. The van der Waals surface area contributed by atoms with E-state index in [2.05, 4.69) is 20.9 Å². The lowest BCUT2D eigenvalue weighted by Gasteiger charge is -2.23. The molecule has 0 aliphatic heterocycles. The van der Waals surface area contributed by atoms with Gasteiger partial charge in [0.05, 0.1) is 6.04 Å². The van der Waals surface area contributed by atoms with Gasteiger partial charge in [-0.25, -0.2) is 4.79 Å². The maximum atomic E-state index is 12.7. The first-order valence-corrected chi connectivity index (χ1v) is 10.1. The van der Waals surface area contributed by atoms with Crippen molar-refractivity contribution in [2.45, 2.75) is 70.1 Å². The second-order valence-electron chi connectivity index (χ2n) is 7.21. The second-order valence-corrected chi connectivity index (χ2v) is 7.21. The SMILES string of the molecule is CC(N)C(=O)NC(C)C(=O)NC(CCCCN)C(=O)NC(CCCN=C(N)N)C(=O)O. The number of rotatable bonds is 15. The number of hydrogen-bond acceptors (Lipinski definition) is 7. The van der Waals surface area contributed by atoms with Gasteiger partial charge in [0, 0.05) is 6.54 Å². The van der Waals surface area contributed by atoms with E-state index in [0.29, 0.717) is 25.8 Å². The van der Waals surface area contributed by atoms with E-state index in [4.69, 9.17) is 22.9 Å². The lowest BCUT2D eigenvalue weighted by molar-refractivity contribution is -0.142. The van der Waals surface area contributed by atoms with Crippen molar-refractivity contribution in [1.29, 1.82) is 0 Å². The molecule has 0 aliphatic rings. The van der Waals surface area contributed by atoms with Crippen molar-refractivity contribution in [3.63, 3.8) is 0 Å². The topological polar surface area (TPSA) is 241 Å². The standard InChI is InChI=1S/C18H36N8O5/c1-10(20)14(27)24-11(2)15(28)25-12(6-3-4-8-19)16(29)26-13(17(30)31)7-5-9-23-18(21)22/h10-13H,3-9,19-20H2,1-2H3,(H,24,27)(H,25,28)(H,26,29)(H,30,31)(H4,21,22,23). The summed E-state index contributed by atoms with van der Waals surface area (Å²) in [5.74, 6) is -3.09. The van der Waals surface area contributed by atoms with Crippen molar-refractivity contribution in [3.05, 3.63) is 0 Å². The number of carbonyl (C=O) groups is 4. The van der Waals surface area contributed by atoms with E-state index >= 15 is 0 Å². The molecule has 4 atom stereocenters. The fraction of sp³-hybridized carbons (Fsp3) is 0.722. The van der Waals surface area contributed by atoms with Gasteiger partial charge >= 0.3 is 5.97 Å². The molecule has 13 nitrogen and oxygen atoms in total. The normalized spacial score (nSPS) is 14.5. The first-order valence-electron chi connectivity index (χ1n) is 10.1. The number of nitrogens with two attached hydrogens (primary N) is 4. The van der Waals surface area contributed by atoms with Crippen LogP contribution in [0.5, 0.6) is 0 Å². The van der Waals surface area contributed by atoms with Crippen molar-refractivity contribution in [2.75, 3.05) is 13.1 Å². The Morgan fingerprint density at radius 2 is 1.45 bits per heavy atom. The summed E-state index contributed by atoms with van der Waals surface area (Å²) in [6, 6.07) is -3.90. The summed E-state index contributed by atoms with van der Waals surface area (Å²) in [5, 5.41) is 16.8. The highest BCUT2D eigenvalue weighted by Gasteiger charge is 2.28. The van der Waals surface area contributed by atoms with Crippen LogP contribution in [0.4, 0.5) is 0 Å². The van der Waals surface area contributed by atoms with E-state index in [1.54, 1.807) is 0 Å². The zero-order chi connectivity index (χ0) is 24.0. The molecule has 0 aromatic carbocycles. The molecule has 0 saturated carbocycles. The summed E-state index contributed by atoms with van der Waals surface area (Å²) in [7, 11) is 0. The van der Waals surface area contributed by atoms with Gasteiger partial charge in [0.25, 0.3) is 0 Å². The van der Waals surface area contributed by atoms with Crippen LogP contribution < -0.4 is 38.9 Å². The Labute approximate surface area is 181 Å². The van der Waals surface area contributed by atoms with Crippen molar-refractivity contribution >= 4 is 29.7 Å². The van der Waals surface area contributed by atoms with Crippen molar-refractivity contribution in [1.82, 2.24) is 16.0 Å². The van der Waals surface area contributed by atoms with Crippen LogP contribution in [0.1, 0.15) is 46.0 Å². The largest absolute Gasteiger partial charge is 0.480 e. The average Bonchev–Trinajstić information content (AvgIpc) is 2.68. The smallest absolute Gasteiger partial charge is 0.326 e. The molecule has 3 amide bonds. The molecule has 13 heteroatoms. The van der Waals surface area contributed by atoms with Crippen molar-refractivity contribution in [2.24, 2.45) is 27.9 Å². The van der Waals surface area contributed by atoms with Gasteiger partial charge in [-0.3, -0.25) is 19.4 Å². The van der Waals surface area contributed by atoms with E-state index < -0.39 is 47.9 Å². The van der Waals surface area contributed by atoms with Crippen LogP contribution in [-0.4, -0.2) is 72.0 Å². The highest BCUT2D eigenvalue weighted by molar-refractivity contribution is 5.93. The molecule has 0 rings (SSSR count). The highest BCUT2D eigenvalue weighted by Crippen LogP contribution is 2.05. The molecule has 0 aromatic rings. The Balaban J connectivity index is 5.07. The third kappa shape index (κ3) is 12.4. The summed E-state index contributed by atoms with van der Waals surface area (Å²) in [4.78, 5) is 52.0. The monoisotopic (exact) mass is 444 g/mol. The molecule has 4 unspecified atom stereocenters. The van der Waals surface area contributed by atoms with E-state index in [1.807, 2.05) is 0 Å². The van der Waals surface area contributed by atoms with Gasteiger partial charge in [0.2, 0.25) is 17.7 Å². The molecule has 0 aromatic heterocycles. The Hall–Kier alpha value is -2.93. The number of aliphatic carboxylic acids is 1. The number of nitrogens with zero attached hydrogens (tertiary/aromatic N) is 1. The Kier molecular flexibility index (Phi) is 13.5. The van der Waals surface area contributed by atoms with Gasteiger partial charge in [-0.1, -0.05) is 0 Å². The van der Waals surface area contributed by atoms with Crippen LogP contribution >= 0.6 is 0 Å². The fourth-order valence-electron chi connectivity index (χ4n) is 2.50. The van der Waals surface area contributed by atoms with E-state index in [1.165, 1.54) is 13.8 Å². The lowest BCUT2D eigenvalue weighted by atomic mass is 10.1. The Morgan fingerprint density at radius 3 is 1.97 bits per heavy atom. The zero-order valence-corrected chi connectivity index (χ0v) is 18.1. The number of guanidine groups is 1. The Bertz CT molecular complexity index is 636. The molecule has 0 spiro atoms. The summed E-state index contributed by atoms with van der Waals surface area (Å²) in [5.41, 5.74) is 21.4. The molecular weight excluding hydrogens is 408 g/mol. The molecule has 0 radical (unpaired) electrons. The quantitative estimate of drug-likeness (QED) is 0.0731. The molecular formula is C18H36N8O5. The van der Waals surface area contributed by atoms with Gasteiger partial charge in [0.1, 0.15) is 18.1 Å². The molecule has 0 saturated heterocycles. The number of unbranched alkanes of at least 4 members (excludes halogenated alkanes) is 1. The number of aliphatic imine (C=N–C) groups is 1. The minimum Gasteiger partial charge on any atom is -0.480 e. The third-order valence-electron chi connectivity index (χ3n) is 4.31. The summed E-state index contributed by atoms with van der Waals surface area (Å²) >= 11 is 0. The van der Waals surface area contributed by atoms with Crippen LogP contribution in [0.15, 0.2) is 4.99 Å². The maximum absolute atomic E-state index is 12.7. The van der Waals surface area contributed by atoms with Crippen LogP contribution in [0.25, 0.3) is 0 Å². The van der Waals surface area contributed by atoms with Crippen molar-refractivity contribution in [3.8, 4) is 0 Å². The number of nitrogens with one attached hydrogen (secondary N) is 3. The fourth-order valence-corrected chi connectivity index (χ4v) is 2.50. The van der Waals surface area contributed by atoms with Crippen LogP contribution in [0, 0.1) is 0 Å². The number of hydrogen-bond donors (Lipinski definition) is 8. The van der Waals surface area contributed by atoms with E-state index in [0.717, 1.165) is 0 Å². The molecule has 0 heterocycles. The first kappa shape index (κ1) is 28.1. The van der Waals surface area contributed by atoms with Gasteiger partial charge < -0.3 is 44.0 Å². The van der Waals surface area contributed by atoms with E-state index in [9.17, 15) is 24.3 Å². The van der Waals surface area contributed by atoms with Crippen LogP contribution in [-0.2, 0) is 19.2 Å². The van der Waals surface area contributed by atoms with Gasteiger partial charge in [-0.15, -0.1) is 0 Å². The van der Waals surface area contributed by atoms with Gasteiger partial charge in [0.15, 0.2) is 5.96 Å². The zero-order valence-electron chi connectivity index (χ0n) is 18.1. The minimum absolute atomic E-state index is 0.0994. The third-order valence-corrected chi connectivity index (χ3v) is 4.31. The predicted octanol–water partition coefficient (Wildman–Crippen LogP) is -2.92. The molecule has 0 fully saturated rings. The highest BCUT2D eigenvalue weighted by atomic mass is 16.4. The van der Waals surface area contributed by atoms with Crippen LogP contribution in [0.3, 0.4) is 0 Å². The summed E-state index contributed by atoms with van der Waals surface area (Å²) < 4.78 is 0. The minimum atomic E-state index is -1.22. The molecule has 31 heavy (non-hydrogen) atoms. The average molecular weight is 445 g/mol. The van der Waals surface area contributed by atoms with Gasteiger partial charge in [-0.2, -0.15) is 0 Å². The predicted molar refractivity (Wildman–Crippen MR) is 116 cm³/mol. The molecule has 0 aliphatic carbocycles. The Morgan fingerprint density at radius 1 is 0.871 bits per heavy atom. The molecule has 178 valence electrons. The molecule has 0 bridgehead atoms. The van der Waals surface area contributed by atoms with Gasteiger partial charge in [-0.05, 0) is 52.5 Å². The summed E-state index contributed by atoms with van der Waals surface area (Å²) in [6.45, 7) is 3.55. The first-order chi connectivity index (χ1) is 14.5. The molecule has 12 N–H and O–H groups in total.